The number of aliphatic hydroxyl groups is 1. The fourth-order valence-electron chi connectivity index (χ4n) is 2.63. The van der Waals surface area contributed by atoms with Crippen molar-refractivity contribution in [2.45, 2.75) is 25.9 Å². The number of anilines is 1. The molecule has 1 saturated heterocycles. The van der Waals surface area contributed by atoms with Gasteiger partial charge in [-0.05, 0) is 25.8 Å². The van der Waals surface area contributed by atoms with Crippen LogP contribution in [-0.4, -0.2) is 42.4 Å². The Bertz CT molecular complexity index is 470. The maximum absolute atomic E-state index is 11.0. The number of aliphatic hydroxyl groups excluding tert-OH is 1. The van der Waals surface area contributed by atoms with E-state index in [-0.39, 0.29) is 23.3 Å². The first-order valence-corrected chi connectivity index (χ1v) is 6.85. The van der Waals surface area contributed by atoms with Gasteiger partial charge in [0.25, 0.3) is 5.69 Å². The van der Waals surface area contributed by atoms with Gasteiger partial charge in [0.05, 0.1) is 29.8 Å². The molecule has 0 radical (unpaired) electrons. The quantitative estimate of drug-likeness (QED) is 0.658. The number of piperidine rings is 1. The predicted molar refractivity (Wildman–Crippen MR) is 76.1 cm³/mol. The number of benzene rings is 1. The lowest BCUT2D eigenvalue weighted by molar-refractivity contribution is -0.385. The van der Waals surface area contributed by atoms with E-state index in [1.54, 1.807) is 13.0 Å². The Morgan fingerprint density at radius 1 is 1.45 bits per heavy atom. The Kier molecular flexibility index (Phi) is 4.92. The van der Waals surface area contributed by atoms with Gasteiger partial charge in [-0.1, -0.05) is 6.07 Å². The Balaban J connectivity index is 2.04. The lowest BCUT2D eigenvalue weighted by Gasteiger charge is -2.34. The molecule has 110 valence electrons. The number of rotatable bonds is 5. The second kappa shape index (κ2) is 6.67. The Morgan fingerprint density at radius 3 is 2.75 bits per heavy atom. The Labute approximate surface area is 118 Å². The zero-order chi connectivity index (χ0) is 14.5. The molecule has 1 aromatic carbocycles. The Hall–Kier alpha value is -1.66. The van der Waals surface area contributed by atoms with Gasteiger partial charge in [0, 0.05) is 24.8 Å². The average molecular weight is 280 g/mol. The summed E-state index contributed by atoms with van der Waals surface area (Å²) in [5.74, 6) is 0. The number of hydrogen-bond acceptors (Lipinski definition) is 5. The summed E-state index contributed by atoms with van der Waals surface area (Å²) in [6.07, 6.45) is 1.93. The number of ether oxygens (including phenoxy) is 1. The van der Waals surface area contributed by atoms with Crippen molar-refractivity contribution in [3.63, 3.8) is 0 Å². The highest BCUT2D eigenvalue weighted by atomic mass is 16.6. The minimum absolute atomic E-state index is 0.0458. The van der Waals surface area contributed by atoms with Gasteiger partial charge in [-0.2, -0.15) is 0 Å². The van der Waals surface area contributed by atoms with Crippen molar-refractivity contribution in [3.05, 3.63) is 33.9 Å². The van der Waals surface area contributed by atoms with Crippen molar-refractivity contribution >= 4 is 11.4 Å². The fourth-order valence-corrected chi connectivity index (χ4v) is 2.63. The average Bonchev–Trinajstić information content (AvgIpc) is 2.46. The first-order valence-electron chi connectivity index (χ1n) is 6.85. The minimum Gasteiger partial charge on any atom is -0.394 e. The van der Waals surface area contributed by atoms with Crippen LogP contribution in [-0.2, 0) is 4.74 Å². The van der Waals surface area contributed by atoms with Gasteiger partial charge >= 0.3 is 0 Å². The van der Waals surface area contributed by atoms with Gasteiger partial charge in [0.1, 0.15) is 0 Å². The third kappa shape index (κ3) is 3.26. The summed E-state index contributed by atoms with van der Waals surface area (Å²) < 4.78 is 5.52. The Morgan fingerprint density at radius 2 is 2.15 bits per heavy atom. The van der Waals surface area contributed by atoms with Crippen LogP contribution in [0.2, 0.25) is 0 Å². The van der Waals surface area contributed by atoms with E-state index in [0.717, 1.165) is 31.6 Å². The maximum Gasteiger partial charge on any atom is 0.274 e. The van der Waals surface area contributed by atoms with Crippen LogP contribution < -0.4 is 4.90 Å². The number of nitrogens with zero attached hydrogens (tertiary/aromatic N) is 2. The molecule has 6 nitrogen and oxygen atoms in total. The second-order valence-electron chi connectivity index (χ2n) is 4.96. The first-order chi connectivity index (χ1) is 9.63. The van der Waals surface area contributed by atoms with Crippen molar-refractivity contribution in [1.29, 1.82) is 0 Å². The molecular weight excluding hydrogens is 260 g/mol. The molecule has 1 aliphatic rings. The van der Waals surface area contributed by atoms with Crippen molar-refractivity contribution < 1.29 is 14.8 Å². The van der Waals surface area contributed by atoms with E-state index < -0.39 is 0 Å². The molecular formula is C14H20N2O4. The lowest BCUT2D eigenvalue weighted by Crippen LogP contribution is -2.37. The number of nitro benzene ring substituents is 1. The second-order valence-corrected chi connectivity index (χ2v) is 4.96. The predicted octanol–water partition coefficient (Wildman–Crippen LogP) is 1.88. The summed E-state index contributed by atoms with van der Waals surface area (Å²) in [7, 11) is 0. The van der Waals surface area contributed by atoms with Gasteiger partial charge in [-0.3, -0.25) is 10.1 Å². The molecule has 0 aliphatic carbocycles. The molecule has 0 spiro atoms. The molecule has 0 aromatic heterocycles. The van der Waals surface area contributed by atoms with E-state index in [0.29, 0.717) is 12.2 Å². The summed E-state index contributed by atoms with van der Waals surface area (Å²) in [5.41, 5.74) is 1.81. The molecule has 6 heteroatoms. The summed E-state index contributed by atoms with van der Waals surface area (Å²) >= 11 is 0. The monoisotopic (exact) mass is 280 g/mol. The lowest BCUT2D eigenvalue weighted by atomic mass is 10.0. The summed E-state index contributed by atoms with van der Waals surface area (Å²) in [6, 6.07) is 5.20. The van der Waals surface area contributed by atoms with E-state index in [1.165, 1.54) is 6.07 Å². The smallest absolute Gasteiger partial charge is 0.274 e. The molecule has 0 atom stereocenters. The SMILES string of the molecule is Cc1c(N2CCC(OCCO)CC2)cccc1[N+](=O)[O-]. The third-order valence-electron chi connectivity index (χ3n) is 3.70. The van der Waals surface area contributed by atoms with E-state index in [4.69, 9.17) is 9.84 Å². The largest absolute Gasteiger partial charge is 0.394 e. The molecule has 0 saturated carbocycles. The number of nitro groups is 1. The van der Waals surface area contributed by atoms with Crippen molar-refractivity contribution in [2.75, 3.05) is 31.2 Å². The molecule has 0 bridgehead atoms. The molecule has 1 aliphatic heterocycles. The van der Waals surface area contributed by atoms with E-state index >= 15 is 0 Å². The molecule has 1 fully saturated rings. The highest BCUT2D eigenvalue weighted by Crippen LogP contribution is 2.30. The van der Waals surface area contributed by atoms with Crippen LogP contribution in [0.3, 0.4) is 0 Å². The van der Waals surface area contributed by atoms with Crippen LogP contribution >= 0.6 is 0 Å². The van der Waals surface area contributed by atoms with Gasteiger partial charge in [0.15, 0.2) is 0 Å². The van der Waals surface area contributed by atoms with E-state index in [9.17, 15) is 10.1 Å². The standard InChI is InChI=1S/C14H20N2O4/c1-11-13(3-2-4-14(11)16(18)19)15-7-5-12(6-8-15)20-10-9-17/h2-4,12,17H,5-10H2,1H3. The van der Waals surface area contributed by atoms with Crippen molar-refractivity contribution in [2.24, 2.45) is 0 Å². The highest BCUT2D eigenvalue weighted by Gasteiger charge is 2.23. The van der Waals surface area contributed by atoms with Crippen molar-refractivity contribution in [3.8, 4) is 0 Å². The third-order valence-corrected chi connectivity index (χ3v) is 3.70. The van der Waals surface area contributed by atoms with Crippen LogP contribution in [0.5, 0.6) is 0 Å². The summed E-state index contributed by atoms with van der Waals surface area (Å²) in [6.45, 7) is 3.85. The highest BCUT2D eigenvalue weighted by molar-refractivity contribution is 5.61. The molecule has 1 N–H and O–H groups in total. The minimum atomic E-state index is -0.337. The first kappa shape index (κ1) is 14.7. The molecule has 20 heavy (non-hydrogen) atoms. The van der Waals surface area contributed by atoms with Gasteiger partial charge in [-0.25, -0.2) is 0 Å². The van der Waals surface area contributed by atoms with Crippen LogP contribution in [0.4, 0.5) is 11.4 Å². The summed E-state index contributed by atoms with van der Waals surface area (Å²) in [4.78, 5) is 12.8. The van der Waals surface area contributed by atoms with Crippen molar-refractivity contribution in [1.82, 2.24) is 0 Å². The molecule has 1 heterocycles. The van der Waals surface area contributed by atoms with Crippen LogP contribution in [0, 0.1) is 17.0 Å². The van der Waals surface area contributed by atoms with E-state index in [1.807, 2.05) is 6.07 Å². The summed E-state index contributed by atoms with van der Waals surface area (Å²) in [5, 5.41) is 19.7. The van der Waals surface area contributed by atoms with Crippen LogP contribution in [0.15, 0.2) is 18.2 Å². The molecule has 0 amide bonds. The zero-order valence-corrected chi connectivity index (χ0v) is 11.6. The molecule has 0 unspecified atom stereocenters. The normalized spacial score (nSPS) is 16.4. The van der Waals surface area contributed by atoms with Gasteiger partial charge in [-0.15, -0.1) is 0 Å². The number of hydrogen-bond donors (Lipinski definition) is 1. The topological polar surface area (TPSA) is 75.8 Å². The maximum atomic E-state index is 11.0. The van der Waals surface area contributed by atoms with E-state index in [2.05, 4.69) is 4.90 Å². The van der Waals surface area contributed by atoms with Crippen LogP contribution in [0.25, 0.3) is 0 Å². The fraction of sp³-hybridized carbons (Fsp3) is 0.571. The molecule has 1 aromatic rings. The molecule has 2 rings (SSSR count). The van der Waals surface area contributed by atoms with Gasteiger partial charge in [0.2, 0.25) is 0 Å². The van der Waals surface area contributed by atoms with Crippen LogP contribution in [0.1, 0.15) is 18.4 Å². The van der Waals surface area contributed by atoms with Gasteiger partial charge < -0.3 is 14.7 Å². The zero-order valence-electron chi connectivity index (χ0n) is 11.6.